The van der Waals surface area contributed by atoms with E-state index in [0.717, 1.165) is 48.5 Å². The van der Waals surface area contributed by atoms with Crippen LogP contribution in [0.2, 0.25) is 0 Å². The van der Waals surface area contributed by atoms with Gasteiger partial charge in [-0.25, -0.2) is 4.39 Å². The number of piperidine rings is 1. The predicted molar refractivity (Wildman–Crippen MR) is 114 cm³/mol. The highest BCUT2D eigenvalue weighted by atomic mass is 32.1. The third-order valence-corrected chi connectivity index (χ3v) is 6.56. The number of nitrogens with one attached hydrogen (secondary N) is 1. The van der Waals surface area contributed by atoms with Crippen molar-refractivity contribution in [2.24, 2.45) is 0 Å². The Bertz CT molecular complexity index is 961. The standard InChI is InChI=1S/C23H25FN2O2S/c1-2-18-15-19(23(29-18)25-22(27)20-10-7-13-28-20)21(26-11-4-3-5-12-26)16-8-6-9-17(24)14-16/h6-10,13-15,21H,2-5,11-12H2,1H3,(H,25,27)/t21-/m1/s1. The largest absolute Gasteiger partial charge is 0.459 e. The lowest BCUT2D eigenvalue weighted by molar-refractivity contribution is 0.0996. The third kappa shape index (κ3) is 4.43. The molecule has 1 atom stereocenters. The molecular formula is C23H25FN2O2S. The van der Waals surface area contributed by atoms with E-state index in [2.05, 4.69) is 23.2 Å². The van der Waals surface area contributed by atoms with Crippen molar-refractivity contribution in [2.75, 3.05) is 18.4 Å². The molecule has 0 spiro atoms. The normalized spacial score (nSPS) is 15.9. The van der Waals surface area contributed by atoms with Crippen LogP contribution in [-0.2, 0) is 6.42 Å². The van der Waals surface area contributed by atoms with Gasteiger partial charge in [0.05, 0.1) is 12.3 Å². The van der Waals surface area contributed by atoms with Crippen molar-refractivity contribution in [3.05, 3.63) is 76.3 Å². The van der Waals surface area contributed by atoms with Gasteiger partial charge in [0.1, 0.15) is 10.8 Å². The molecule has 4 nitrogen and oxygen atoms in total. The van der Waals surface area contributed by atoms with Crippen LogP contribution < -0.4 is 5.32 Å². The molecule has 6 heteroatoms. The predicted octanol–water partition coefficient (Wildman–Crippen LogP) is 5.87. The van der Waals surface area contributed by atoms with Crippen molar-refractivity contribution in [3.63, 3.8) is 0 Å². The van der Waals surface area contributed by atoms with Gasteiger partial charge in [-0.2, -0.15) is 0 Å². The van der Waals surface area contributed by atoms with Gasteiger partial charge in [-0.05, 0) is 68.2 Å². The van der Waals surface area contributed by atoms with Gasteiger partial charge < -0.3 is 9.73 Å². The number of nitrogens with zero attached hydrogens (tertiary/aromatic N) is 1. The number of carbonyl (C=O) groups excluding carboxylic acids is 1. The van der Waals surface area contributed by atoms with Crippen LogP contribution in [-0.4, -0.2) is 23.9 Å². The molecule has 1 N–H and O–H groups in total. The summed E-state index contributed by atoms with van der Waals surface area (Å²) in [6.45, 7) is 4.03. The molecular weight excluding hydrogens is 387 g/mol. The summed E-state index contributed by atoms with van der Waals surface area (Å²) in [5.74, 6) is -0.225. The van der Waals surface area contributed by atoms with Crippen molar-refractivity contribution in [3.8, 4) is 0 Å². The summed E-state index contributed by atoms with van der Waals surface area (Å²) in [5, 5.41) is 3.85. The van der Waals surface area contributed by atoms with E-state index in [4.69, 9.17) is 4.42 Å². The highest BCUT2D eigenvalue weighted by Crippen LogP contribution is 2.40. The monoisotopic (exact) mass is 412 g/mol. The molecule has 4 rings (SSSR count). The van der Waals surface area contributed by atoms with E-state index in [1.807, 2.05) is 6.07 Å². The Labute approximate surface area is 174 Å². The van der Waals surface area contributed by atoms with Crippen LogP contribution >= 0.6 is 11.3 Å². The van der Waals surface area contributed by atoms with Gasteiger partial charge in [-0.1, -0.05) is 25.5 Å². The molecule has 1 saturated heterocycles. The molecule has 3 heterocycles. The Morgan fingerprint density at radius 2 is 2.03 bits per heavy atom. The molecule has 1 aromatic carbocycles. The molecule has 0 saturated carbocycles. The number of furan rings is 1. The molecule has 0 radical (unpaired) electrons. The van der Waals surface area contributed by atoms with Crippen LogP contribution in [0, 0.1) is 5.82 Å². The van der Waals surface area contributed by atoms with E-state index in [1.165, 1.54) is 23.6 Å². The topological polar surface area (TPSA) is 45.5 Å². The lowest BCUT2D eigenvalue weighted by atomic mass is 9.95. The molecule has 29 heavy (non-hydrogen) atoms. The Hall–Kier alpha value is -2.44. The van der Waals surface area contributed by atoms with Crippen LogP contribution in [0.4, 0.5) is 9.39 Å². The molecule has 1 amide bonds. The fraction of sp³-hybridized carbons (Fsp3) is 0.348. The van der Waals surface area contributed by atoms with Crippen LogP contribution in [0.3, 0.4) is 0 Å². The first-order valence-corrected chi connectivity index (χ1v) is 10.9. The van der Waals surface area contributed by atoms with Crippen LogP contribution in [0.15, 0.2) is 53.1 Å². The molecule has 1 aliphatic rings. The SMILES string of the molecule is CCc1cc([C@@H](c2cccc(F)c2)N2CCCCC2)c(NC(=O)c2ccco2)s1. The van der Waals surface area contributed by atoms with Gasteiger partial charge >= 0.3 is 0 Å². The molecule has 2 aromatic heterocycles. The van der Waals surface area contributed by atoms with Gasteiger partial charge in [0.25, 0.3) is 5.91 Å². The third-order valence-electron chi connectivity index (χ3n) is 5.35. The molecule has 1 aliphatic heterocycles. The van der Waals surface area contributed by atoms with Crippen molar-refractivity contribution < 1.29 is 13.6 Å². The average Bonchev–Trinajstić information content (AvgIpc) is 3.40. The van der Waals surface area contributed by atoms with Gasteiger partial charge in [0.2, 0.25) is 0 Å². The molecule has 3 aromatic rings. The summed E-state index contributed by atoms with van der Waals surface area (Å²) < 4.78 is 19.3. The van der Waals surface area contributed by atoms with Gasteiger partial charge in [0, 0.05) is 10.4 Å². The van der Waals surface area contributed by atoms with Crippen LogP contribution in [0.5, 0.6) is 0 Å². The number of halogens is 1. The number of amides is 1. The number of likely N-dealkylation sites (tertiary alicyclic amines) is 1. The maximum Gasteiger partial charge on any atom is 0.291 e. The fourth-order valence-electron chi connectivity index (χ4n) is 3.95. The molecule has 0 unspecified atom stereocenters. The number of hydrogen-bond donors (Lipinski definition) is 1. The molecule has 152 valence electrons. The Morgan fingerprint density at radius 1 is 1.21 bits per heavy atom. The first-order chi connectivity index (χ1) is 14.2. The molecule has 0 aliphatic carbocycles. The Balaban J connectivity index is 1.75. The lowest BCUT2D eigenvalue weighted by Gasteiger charge is -2.35. The number of benzene rings is 1. The second-order valence-corrected chi connectivity index (χ2v) is 8.47. The average molecular weight is 413 g/mol. The zero-order chi connectivity index (χ0) is 20.2. The van der Waals surface area contributed by atoms with E-state index in [1.54, 1.807) is 35.6 Å². The van der Waals surface area contributed by atoms with Crippen LogP contribution in [0.1, 0.15) is 58.8 Å². The second-order valence-electron chi connectivity index (χ2n) is 7.34. The van der Waals surface area contributed by atoms with E-state index in [0.29, 0.717) is 0 Å². The summed E-state index contributed by atoms with van der Waals surface area (Å²) in [7, 11) is 0. The zero-order valence-electron chi connectivity index (χ0n) is 16.5. The number of anilines is 1. The van der Waals surface area contributed by atoms with Crippen molar-refractivity contribution in [1.82, 2.24) is 4.90 Å². The number of hydrogen-bond acceptors (Lipinski definition) is 4. The second kappa shape index (κ2) is 8.93. The van der Waals surface area contributed by atoms with E-state index in [-0.39, 0.29) is 23.5 Å². The number of thiophene rings is 1. The van der Waals surface area contributed by atoms with Crippen molar-refractivity contribution >= 4 is 22.2 Å². The minimum absolute atomic E-state index is 0.0885. The quantitative estimate of drug-likeness (QED) is 0.551. The van der Waals surface area contributed by atoms with Crippen molar-refractivity contribution in [1.29, 1.82) is 0 Å². The first kappa shape index (κ1) is 19.9. The number of aryl methyl sites for hydroxylation is 1. The number of carbonyl (C=O) groups is 1. The fourth-order valence-corrected chi connectivity index (χ4v) is 4.97. The van der Waals surface area contributed by atoms with Gasteiger partial charge in [-0.3, -0.25) is 9.69 Å². The molecule has 0 bridgehead atoms. The lowest BCUT2D eigenvalue weighted by Crippen LogP contribution is -2.34. The van der Waals surface area contributed by atoms with E-state index >= 15 is 0 Å². The Kier molecular flexibility index (Phi) is 6.11. The Morgan fingerprint density at radius 3 is 2.72 bits per heavy atom. The smallest absolute Gasteiger partial charge is 0.291 e. The number of rotatable bonds is 6. The molecule has 1 fully saturated rings. The maximum absolute atomic E-state index is 14.1. The minimum Gasteiger partial charge on any atom is -0.459 e. The highest BCUT2D eigenvalue weighted by Gasteiger charge is 2.29. The highest BCUT2D eigenvalue weighted by molar-refractivity contribution is 7.16. The maximum atomic E-state index is 14.1. The summed E-state index contributed by atoms with van der Waals surface area (Å²) in [5.41, 5.74) is 1.94. The van der Waals surface area contributed by atoms with Crippen molar-refractivity contribution in [2.45, 2.75) is 38.6 Å². The summed E-state index contributed by atoms with van der Waals surface area (Å²) in [6, 6.07) is 12.2. The van der Waals surface area contributed by atoms with Crippen LogP contribution in [0.25, 0.3) is 0 Å². The summed E-state index contributed by atoms with van der Waals surface area (Å²) in [6.07, 6.45) is 5.85. The minimum atomic E-state index is -0.266. The van der Waals surface area contributed by atoms with Gasteiger partial charge in [-0.15, -0.1) is 11.3 Å². The first-order valence-electron chi connectivity index (χ1n) is 10.1. The van der Waals surface area contributed by atoms with Gasteiger partial charge in [0.15, 0.2) is 5.76 Å². The van der Waals surface area contributed by atoms with E-state index < -0.39 is 0 Å². The summed E-state index contributed by atoms with van der Waals surface area (Å²) >= 11 is 1.58. The summed E-state index contributed by atoms with van der Waals surface area (Å²) in [4.78, 5) is 16.2. The zero-order valence-corrected chi connectivity index (χ0v) is 17.3. The van der Waals surface area contributed by atoms with E-state index in [9.17, 15) is 9.18 Å².